The topological polar surface area (TPSA) is 142 Å². The van der Waals surface area contributed by atoms with E-state index in [-0.39, 0.29) is 31.5 Å². The van der Waals surface area contributed by atoms with E-state index in [9.17, 15) is 35.9 Å². The zero-order valence-electron chi connectivity index (χ0n) is 20.1. The van der Waals surface area contributed by atoms with E-state index in [1.165, 1.54) is 6.92 Å². The molecule has 0 spiro atoms. The van der Waals surface area contributed by atoms with Crippen molar-refractivity contribution in [3.63, 3.8) is 0 Å². The number of aromatic nitrogens is 4. The number of carbonyl (C=O) groups is 1. The number of rotatable bonds is 9. The lowest BCUT2D eigenvalue weighted by molar-refractivity contribution is -0.139. The van der Waals surface area contributed by atoms with Crippen LogP contribution < -0.4 is 21.5 Å². The summed E-state index contributed by atoms with van der Waals surface area (Å²) in [6, 6.07) is -1.32. The first-order valence-corrected chi connectivity index (χ1v) is 11.4. The number of piperazine rings is 1. The predicted octanol–water partition coefficient (Wildman–Crippen LogP) is 1.48. The zero-order valence-corrected chi connectivity index (χ0v) is 20.1. The lowest BCUT2D eigenvalue weighted by Crippen LogP contribution is -2.50. The van der Waals surface area contributed by atoms with E-state index in [1.54, 1.807) is 14.9 Å². The summed E-state index contributed by atoms with van der Waals surface area (Å²) in [5.41, 5.74) is 1.76. The molecular formula is C21H26F6N8O3. The molecule has 1 aliphatic rings. The molecule has 210 valence electrons. The Morgan fingerprint density at radius 2 is 1.71 bits per heavy atom. The molecule has 0 bridgehead atoms. The quantitative estimate of drug-likeness (QED) is 0.395. The summed E-state index contributed by atoms with van der Waals surface area (Å²) in [7, 11) is 0. The third-order valence-electron chi connectivity index (χ3n) is 5.56. The van der Waals surface area contributed by atoms with E-state index in [1.807, 2.05) is 0 Å². The molecule has 0 radical (unpaired) electrons. The molecule has 0 aliphatic carbocycles. The van der Waals surface area contributed by atoms with Gasteiger partial charge in [0.05, 0.1) is 30.7 Å². The standard InChI is InChI=1S/C21H26F6N8O3/c1-12(32-15-9-31-33-18(37)17(15)21(25,26)27)10-38-11-14(28)6-16(36)34-2-4-35(5-3-34)19-29-7-13(8-30-19)20(22,23)24/h7-9,12,14H,2-6,10-11,28H2,1H3,(H2,32,33,37). The third-order valence-corrected chi connectivity index (χ3v) is 5.56. The molecule has 1 fully saturated rings. The number of halogens is 6. The Kier molecular flexibility index (Phi) is 9.14. The number of nitrogens with two attached hydrogens (primary N) is 1. The summed E-state index contributed by atoms with van der Waals surface area (Å²) < 4.78 is 82.8. The van der Waals surface area contributed by atoms with Gasteiger partial charge in [0, 0.05) is 57.1 Å². The fraction of sp³-hybridized carbons (Fsp3) is 0.571. The van der Waals surface area contributed by atoms with Gasteiger partial charge in [-0.25, -0.2) is 15.1 Å². The van der Waals surface area contributed by atoms with Crippen molar-refractivity contribution in [1.82, 2.24) is 25.1 Å². The molecule has 2 aromatic rings. The summed E-state index contributed by atoms with van der Waals surface area (Å²) in [5, 5.41) is 7.66. The van der Waals surface area contributed by atoms with E-state index in [4.69, 9.17) is 10.5 Å². The number of aromatic amines is 1. The van der Waals surface area contributed by atoms with Crippen molar-refractivity contribution >= 4 is 17.5 Å². The first kappa shape index (κ1) is 29.1. The van der Waals surface area contributed by atoms with Crippen LogP contribution in [0.15, 0.2) is 23.4 Å². The van der Waals surface area contributed by atoms with Gasteiger partial charge in [-0.3, -0.25) is 9.59 Å². The highest BCUT2D eigenvalue weighted by molar-refractivity contribution is 5.77. The Morgan fingerprint density at radius 3 is 2.29 bits per heavy atom. The van der Waals surface area contributed by atoms with E-state index >= 15 is 0 Å². The van der Waals surface area contributed by atoms with Crippen molar-refractivity contribution in [2.45, 2.75) is 37.8 Å². The van der Waals surface area contributed by atoms with Crippen molar-refractivity contribution in [3.8, 4) is 0 Å². The summed E-state index contributed by atoms with van der Waals surface area (Å²) >= 11 is 0. The van der Waals surface area contributed by atoms with Gasteiger partial charge in [-0.05, 0) is 6.92 Å². The Labute approximate surface area is 212 Å². The number of hydrogen-bond acceptors (Lipinski definition) is 9. The average molecular weight is 552 g/mol. The smallest absolute Gasteiger partial charge is 0.378 e. The lowest BCUT2D eigenvalue weighted by atomic mass is 10.2. The van der Waals surface area contributed by atoms with Gasteiger partial charge in [-0.15, -0.1) is 0 Å². The van der Waals surface area contributed by atoms with Gasteiger partial charge < -0.3 is 25.6 Å². The Balaban J connectivity index is 1.40. The van der Waals surface area contributed by atoms with Gasteiger partial charge in [0.2, 0.25) is 11.9 Å². The van der Waals surface area contributed by atoms with Crippen LogP contribution in [0, 0.1) is 0 Å². The molecule has 0 aromatic carbocycles. The molecule has 38 heavy (non-hydrogen) atoms. The van der Waals surface area contributed by atoms with Gasteiger partial charge in [0.15, 0.2) is 0 Å². The van der Waals surface area contributed by atoms with E-state index in [2.05, 4.69) is 20.4 Å². The van der Waals surface area contributed by atoms with Gasteiger partial charge in [-0.1, -0.05) is 0 Å². The maximum absolute atomic E-state index is 13.1. The van der Waals surface area contributed by atoms with Crippen LogP contribution in [0.5, 0.6) is 0 Å². The molecule has 17 heteroatoms. The van der Waals surface area contributed by atoms with Crippen molar-refractivity contribution < 1.29 is 35.9 Å². The van der Waals surface area contributed by atoms with Gasteiger partial charge in [0.1, 0.15) is 5.56 Å². The summed E-state index contributed by atoms with van der Waals surface area (Å²) in [4.78, 5) is 34.8. The van der Waals surface area contributed by atoms with Crippen LogP contribution in [-0.2, 0) is 21.9 Å². The van der Waals surface area contributed by atoms with Crippen LogP contribution in [-0.4, -0.2) is 82.4 Å². The molecule has 1 aliphatic heterocycles. The van der Waals surface area contributed by atoms with Gasteiger partial charge in [0.25, 0.3) is 5.56 Å². The summed E-state index contributed by atoms with van der Waals surface area (Å²) in [5.74, 6) is -0.110. The molecule has 3 rings (SSSR count). The lowest BCUT2D eigenvalue weighted by Gasteiger charge is -2.35. The fourth-order valence-electron chi connectivity index (χ4n) is 3.69. The maximum Gasteiger partial charge on any atom is 0.423 e. The Bertz CT molecular complexity index is 1130. The van der Waals surface area contributed by atoms with E-state index in [0.29, 0.717) is 38.6 Å². The van der Waals surface area contributed by atoms with Crippen LogP contribution in [0.3, 0.4) is 0 Å². The molecular weight excluding hydrogens is 526 g/mol. The average Bonchev–Trinajstić information content (AvgIpc) is 2.83. The number of amides is 1. The third kappa shape index (κ3) is 7.77. The number of alkyl halides is 6. The van der Waals surface area contributed by atoms with Crippen LogP contribution in [0.4, 0.5) is 38.0 Å². The van der Waals surface area contributed by atoms with Gasteiger partial charge in [-0.2, -0.15) is 31.4 Å². The van der Waals surface area contributed by atoms with Gasteiger partial charge >= 0.3 is 12.4 Å². The second-order valence-corrected chi connectivity index (χ2v) is 8.67. The Hall–Kier alpha value is -3.47. The minimum absolute atomic E-state index is 0.0448. The first-order chi connectivity index (χ1) is 17.8. The molecule has 3 heterocycles. The number of nitrogens with zero attached hydrogens (tertiary/aromatic N) is 5. The number of ether oxygens (including phenoxy) is 1. The highest BCUT2D eigenvalue weighted by Gasteiger charge is 2.37. The second-order valence-electron chi connectivity index (χ2n) is 8.67. The van der Waals surface area contributed by atoms with Crippen molar-refractivity contribution in [2.24, 2.45) is 5.73 Å². The van der Waals surface area contributed by atoms with Crippen molar-refractivity contribution in [1.29, 1.82) is 0 Å². The Morgan fingerprint density at radius 1 is 1.08 bits per heavy atom. The fourth-order valence-corrected chi connectivity index (χ4v) is 3.69. The summed E-state index contributed by atoms with van der Waals surface area (Å²) in [6.07, 6.45) is -7.18. The van der Waals surface area contributed by atoms with Crippen LogP contribution in [0.1, 0.15) is 24.5 Å². The summed E-state index contributed by atoms with van der Waals surface area (Å²) in [6.45, 7) is 2.67. The SMILES string of the molecule is CC(COCC(N)CC(=O)N1CCN(c2ncc(C(F)(F)F)cn2)CC1)Nc1cn[nH]c(=O)c1C(F)(F)F. The molecule has 1 saturated heterocycles. The van der Waals surface area contributed by atoms with Crippen LogP contribution in [0.2, 0.25) is 0 Å². The molecule has 0 saturated carbocycles. The number of H-pyrrole nitrogens is 1. The predicted molar refractivity (Wildman–Crippen MR) is 122 cm³/mol. The number of anilines is 2. The normalized spacial score (nSPS) is 16.3. The highest BCUT2D eigenvalue weighted by Crippen LogP contribution is 2.31. The molecule has 11 nitrogen and oxygen atoms in total. The number of hydrogen-bond donors (Lipinski definition) is 3. The minimum Gasteiger partial charge on any atom is -0.378 e. The zero-order chi connectivity index (χ0) is 28.1. The second kappa shape index (κ2) is 11.9. The van der Waals surface area contributed by atoms with Crippen LogP contribution >= 0.6 is 0 Å². The number of nitrogens with one attached hydrogen (secondary N) is 2. The molecule has 4 N–H and O–H groups in total. The highest BCUT2D eigenvalue weighted by atomic mass is 19.4. The van der Waals surface area contributed by atoms with E-state index in [0.717, 1.165) is 6.20 Å². The molecule has 2 atom stereocenters. The largest absolute Gasteiger partial charge is 0.423 e. The first-order valence-electron chi connectivity index (χ1n) is 11.4. The number of carbonyl (C=O) groups excluding carboxylic acids is 1. The minimum atomic E-state index is -4.88. The van der Waals surface area contributed by atoms with E-state index < -0.39 is 46.8 Å². The molecule has 1 amide bonds. The molecule has 2 unspecified atom stereocenters. The van der Waals surface area contributed by atoms with Crippen molar-refractivity contribution in [3.05, 3.63) is 40.1 Å². The van der Waals surface area contributed by atoms with Crippen LogP contribution in [0.25, 0.3) is 0 Å². The monoisotopic (exact) mass is 552 g/mol. The maximum atomic E-state index is 13.1. The molecule has 2 aromatic heterocycles. The van der Waals surface area contributed by atoms with Crippen molar-refractivity contribution in [2.75, 3.05) is 49.6 Å².